The van der Waals surface area contributed by atoms with Gasteiger partial charge in [-0.05, 0) is 32.4 Å². The van der Waals surface area contributed by atoms with Crippen molar-refractivity contribution in [2.75, 3.05) is 5.32 Å². The molecule has 5 nitrogen and oxygen atoms in total. The van der Waals surface area contributed by atoms with Gasteiger partial charge in [0.15, 0.2) is 0 Å². The van der Waals surface area contributed by atoms with E-state index in [-0.39, 0.29) is 16.8 Å². The molecular formula is C12H15N3O2. The van der Waals surface area contributed by atoms with E-state index in [1.165, 1.54) is 6.07 Å². The molecule has 0 aromatic heterocycles. The Morgan fingerprint density at radius 2 is 2.18 bits per heavy atom. The molecule has 0 atom stereocenters. The second-order valence-electron chi connectivity index (χ2n) is 4.46. The van der Waals surface area contributed by atoms with Crippen LogP contribution in [0.15, 0.2) is 18.2 Å². The Hall–Kier alpha value is -2.09. The molecule has 0 aliphatic heterocycles. The highest BCUT2D eigenvalue weighted by atomic mass is 16.6. The Labute approximate surface area is 100 Å². The fourth-order valence-electron chi connectivity index (χ4n) is 1.31. The van der Waals surface area contributed by atoms with E-state index in [0.717, 1.165) is 6.42 Å². The molecule has 1 rings (SSSR count). The Morgan fingerprint density at radius 1 is 1.53 bits per heavy atom. The van der Waals surface area contributed by atoms with Crippen LogP contribution >= 0.6 is 0 Å². The number of nitro groups is 1. The molecule has 0 spiro atoms. The lowest BCUT2D eigenvalue weighted by molar-refractivity contribution is -0.384. The first-order valence-electron chi connectivity index (χ1n) is 5.36. The van der Waals surface area contributed by atoms with Gasteiger partial charge in [-0.2, -0.15) is 5.26 Å². The van der Waals surface area contributed by atoms with Crippen molar-refractivity contribution in [2.24, 2.45) is 0 Å². The molecule has 0 aliphatic carbocycles. The van der Waals surface area contributed by atoms with Gasteiger partial charge in [0.25, 0.3) is 5.69 Å². The predicted octanol–water partition coefficient (Wildman–Crippen LogP) is 3.07. The molecule has 1 aromatic carbocycles. The third-order valence-corrected chi connectivity index (χ3v) is 2.68. The van der Waals surface area contributed by atoms with E-state index in [9.17, 15) is 10.1 Å². The van der Waals surface area contributed by atoms with E-state index >= 15 is 0 Å². The third kappa shape index (κ3) is 3.18. The van der Waals surface area contributed by atoms with E-state index < -0.39 is 4.92 Å². The molecule has 0 aliphatic rings. The van der Waals surface area contributed by atoms with Gasteiger partial charge >= 0.3 is 0 Å². The molecule has 0 saturated carbocycles. The number of hydrogen-bond acceptors (Lipinski definition) is 4. The number of nitriles is 1. The van der Waals surface area contributed by atoms with Crippen molar-refractivity contribution in [2.45, 2.75) is 32.7 Å². The highest BCUT2D eigenvalue weighted by Gasteiger charge is 2.21. The van der Waals surface area contributed by atoms with Crippen LogP contribution in [0.4, 0.5) is 11.4 Å². The molecule has 0 radical (unpaired) electrons. The zero-order valence-electron chi connectivity index (χ0n) is 10.2. The van der Waals surface area contributed by atoms with Crippen LogP contribution in [-0.4, -0.2) is 10.5 Å². The maximum absolute atomic E-state index is 10.9. The van der Waals surface area contributed by atoms with Crippen LogP contribution in [0, 0.1) is 21.4 Å². The highest BCUT2D eigenvalue weighted by Crippen LogP contribution is 2.28. The zero-order valence-corrected chi connectivity index (χ0v) is 10.2. The van der Waals surface area contributed by atoms with Crippen LogP contribution in [0.25, 0.3) is 0 Å². The molecule has 0 unspecified atom stereocenters. The van der Waals surface area contributed by atoms with Crippen LogP contribution in [0.5, 0.6) is 0 Å². The fourth-order valence-corrected chi connectivity index (χ4v) is 1.31. The Kier molecular flexibility index (Phi) is 3.69. The van der Waals surface area contributed by atoms with E-state index in [4.69, 9.17) is 5.26 Å². The van der Waals surface area contributed by atoms with Gasteiger partial charge < -0.3 is 5.32 Å². The Morgan fingerprint density at radius 3 is 2.65 bits per heavy atom. The monoisotopic (exact) mass is 233 g/mol. The molecule has 0 saturated heterocycles. The van der Waals surface area contributed by atoms with Gasteiger partial charge in [-0.25, -0.2) is 0 Å². The molecule has 1 N–H and O–H groups in total. The Bertz CT molecular complexity index is 475. The minimum atomic E-state index is -0.477. The summed E-state index contributed by atoms with van der Waals surface area (Å²) in [6.07, 6.45) is 0.837. The lowest BCUT2D eigenvalue weighted by Gasteiger charge is -2.25. The zero-order chi connectivity index (χ0) is 13.1. The van der Waals surface area contributed by atoms with Gasteiger partial charge in [0.05, 0.1) is 16.6 Å². The lowest BCUT2D eigenvalue weighted by atomic mass is 10.0. The van der Waals surface area contributed by atoms with E-state index in [1.54, 1.807) is 12.1 Å². The fraction of sp³-hybridized carbons (Fsp3) is 0.417. The van der Waals surface area contributed by atoms with E-state index in [0.29, 0.717) is 5.69 Å². The smallest absolute Gasteiger partial charge is 0.293 e. The molecule has 0 fully saturated rings. The van der Waals surface area contributed by atoms with Crippen LogP contribution in [-0.2, 0) is 0 Å². The summed E-state index contributed by atoms with van der Waals surface area (Å²) in [5.74, 6) is 0. The van der Waals surface area contributed by atoms with Crippen LogP contribution in [0.1, 0.15) is 32.8 Å². The van der Waals surface area contributed by atoms with Gasteiger partial charge in [0, 0.05) is 11.6 Å². The van der Waals surface area contributed by atoms with E-state index in [2.05, 4.69) is 5.32 Å². The third-order valence-electron chi connectivity index (χ3n) is 2.68. The first-order chi connectivity index (χ1) is 7.89. The van der Waals surface area contributed by atoms with Crippen molar-refractivity contribution in [3.8, 4) is 6.07 Å². The lowest BCUT2D eigenvalue weighted by Crippen LogP contribution is -2.29. The summed E-state index contributed by atoms with van der Waals surface area (Å²) in [5.41, 5.74) is 0.446. The largest absolute Gasteiger partial charge is 0.375 e. The topological polar surface area (TPSA) is 79.0 Å². The summed E-state index contributed by atoms with van der Waals surface area (Å²) < 4.78 is 0. The SMILES string of the molecule is CCC(C)(C)Nc1ccc(C#N)cc1[N+](=O)[O-]. The van der Waals surface area contributed by atoms with Crippen LogP contribution in [0.3, 0.4) is 0 Å². The number of nitrogens with one attached hydrogen (secondary N) is 1. The maximum Gasteiger partial charge on any atom is 0.293 e. The summed E-state index contributed by atoms with van der Waals surface area (Å²) in [5, 5.41) is 22.8. The highest BCUT2D eigenvalue weighted by molar-refractivity contribution is 5.64. The summed E-state index contributed by atoms with van der Waals surface area (Å²) in [7, 11) is 0. The number of hydrogen-bond donors (Lipinski definition) is 1. The number of benzene rings is 1. The van der Waals surface area contributed by atoms with Gasteiger partial charge in [-0.15, -0.1) is 0 Å². The minimum absolute atomic E-state index is 0.0643. The molecule has 0 heterocycles. The molecule has 5 heteroatoms. The van der Waals surface area contributed by atoms with Crippen molar-refractivity contribution in [1.82, 2.24) is 0 Å². The van der Waals surface area contributed by atoms with Crippen molar-refractivity contribution >= 4 is 11.4 Å². The quantitative estimate of drug-likeness (QED) is 0.640. The van der Waals surface area contributed by atoms with Crippen molar-refractivity contribution < 1.29 is 4.92 Å². The van der Waals surface area contributed by atoms with Gasteiger partial charge in [-0.3, -0.25) is 10.1 Å². The summed E-state index contributed by atoms with van der Waals surface area (Å²) in [6, 6.07) is 6.33. The van der Waals surface area contributed by atoms with E-state index in [1.807, 2.05) is 26.8 Å². The average Bonchev–Trinajstić information content (AvgIpc) is 2.29. The first-order valence-corrected chi connectivity index (χ1v) is 5.36. The Balaban J connectivity index is 3.17. The second kappa shape index (κ2) is 4.83. The molecule has 90 valence electrons. The first kappa shape index (κ1) is 13.0. The van der Waals surface area contributed by atoms with Crippen molar-refractivity contribution in [3.05, 3.63) is 33.9 Å². The average molecular weight is 233 g/mol. The predicted molar refractivity (Wildman–Crippen MR) is 65.8 cm³/mol. The van der Waals surface area contributed by atoms with Gasteiger partial charge in [-0.1, -0.05) is 6.92 Å². The molecule has 0 bridgehead atoms. The number of nitrogens with zero attached hydrogens (tertiary/aromatic N) is 2. The number of anilines is 1. The second-order valence-corrected chi connectivity index (χ2v) is 4.46. The van der Waals surface area contributed by atoms with Gasteiger partial charge in [0.1, 0.15) is 5.69 Å². The van der Waals surface area contributed by atoms with Crippen molar-refractivity contribution in [3.63, 3.8) is 0 Å². The maximum atomic E-state index is 10.9. The summed E-state index contributed by atoms with van der Waals surface area (Å²) in [6.45, 7) is 5.94. The molecule has 1 aromatic rings. The van der Waals surface area contributed by atoms with Crippen LogP contribution < -0.4 is 5.32 Å². The normalized spacial score (nSPS) is 10.7. The molecule has 0 amide bonds. The van der Waals surface area contributed by atoms with Crippen molar-refractivity contribution in [1.29, 1.82) is 5.26 Å². The number of nitro benzene ring substituents is 1. The minimum Gasteiger partial charge on any atom is -0.375 e. The van der Waals surface area contributed by atoms with Crippen LogP contribution in [0.2, 0.25) is 0 Å². The summed E-state index contributed by atoms with van der Waals surface area (Å²) >= 11 is 0. The molecule has 17 heavy (non-hydrogen) atoms. The summed E-state index contributed by atoms with van der Waals surface area (Å²) in [4.78, 5) is 10.4. The standard InChI is InChI=1S/C12H15N3O2/c1-4-12(2,3)14-10-6-5-9(8-13)7-11(10)15(16)17/h5-7,14H,4H2,1-3H3. The van der Waals surface area contributed by atoms with Gasteiger partial charge in [0.2, 0.25) is 0 Å². The molecular weight excluding hydrogens is 218 g/mol. The number of rotatable bonds is 4.